The van der Waals surface area contributed by atoms with Gasteiger partial charge >= 0.3 is 0 Å². The molecule has 1 aliphatic rings. The summed E-state index contributed by atoms with van der Waals surface area (Å²) in [5.41, 5.74) is 9.28. The van der Waals surface area contributed by atoms with Crippen molar-refractivity contribution >= 4 is 23.6 Å². The second-order valence-corrected chi connectivity index (χ2v) is 14.3. The van der Waals surface area contributed by atoms with Gasteiger partial charge in [0.25, 0.3) is 0 Å². The predicted molar refractivity (Wildman–Crippen MR) is 158 cm³/mol. The zero-order chi connectivity index (χ0) is 27.1. The van der Waals surface area contributed by atoms with Crippen LogP contribution in [-0.2, 0) is 0 Å². The molecular weight excluding hydrogens is 472 g/mol. The minimum atomic E-state index is -2.96. The molecule has 0 aliphatic heterocycles. The van der Waals surface area contributed by atoms with Crippen LogP contribution >= 0.6 is 0 Å². The van der Waals surface area contributed by atoms with Crippen molar-refractivity contribution in [3.05, 3.63) is 93.6 Å². The molecule has 3 nitrogen and oxygen atoms in total. The molecule has 0 saturated carbocycles. The molecule has 0 radical (unpaired) electrons. The van der Waals surface area contributed by atoms with E-state index in [0.29, 0.717) is 0 Å². The number of methoxy groups -OCH3 is 3. The zero-order valence-electron chi connectivity index (χ0n) is 24.0. The zero-order valence-corrected chi connectivity index (χ0v) is 25.0. The van der Waals surface area contributed by atoms with Crippen LogP contribution in [0.1, 0.15) is 44.4 Å². The highest BCUT2D eigenvalue weighted by molar-refractivity contribution is 7.14. The SMILES string of the molecule is COc1cc(C)ccc1[Si](c1ccc(C)cc1OC)(c1ccc(C)cc1OC)C1C(C)=C(C)C(C)=C1C. The summed E-state index contributed by atoms with van der Waals surface area (Å²) in [7, 11) is 2.40. The lowest BCUT2D eigenvalue weighted by Crippen LogP contribution is -2.70. The molecular formula is C33H40O3Si. The number of ether oxygens (including phenoxy) is 3. The van der Waals surface area contributed by atoms with E-state index in [9.17, 15) is 0 Å². The number of hydrogen-bond donors (Lipinski definition) is 0. The summed E-state index contributed by atoms with van der Waals surface area (Å²) in [5.74, 6) is 2.75. The Labute approximate surface area is 223 Å². The lowest BCUT2D eigenvalue weighted by Gasteiger charge is -2.42. The molecule has 0 bridgehead atoms. The lowest BCUT2D eigenvalue weighted by atomic mass is 10.1. The van der Waals surface area contributed by atoms with Crippen molar-refractivity contribution in [1.29, 1.82) is 0 Å². The van der Waals surface area contributed by atoms with E-state index in [-0.39, 0.29) is 5.54 Å². The highest BCUT2D eigenvalue weighted by atomic mass is 28.3. The fourth-order valence-corrected chi connectivity index (χ4v) is 12.5. The van der Waals surface area contributed by atoms with Crippen molar-refractivity contribution in [2.24, 2.45) is 0 Å². The van der Waals surface area contributed by atoms with Crippen LogP contribution in [-0.4, -0.2) is 29.4 Å². The molecule has 194 valence electrons. The van der Waals surface area contributed by atoms with Crippen LogP contribution in [0.5, 0.6) is 17.2 Å². The number of benzene rings is 3. The molecule has 4 rings (SSSR count). The van der Waals surface area contributed by atoms with Crippen molar-refractivity contribution in [1.82, 2.24) is 0 Å². The fraction of sp³-hybridized carbons (Fsp3) is 0.333. The molecule has 3 aromatic rings. The maximum Gasteiger partial charge on any atom is 0.173 e. The molecule has 0 saturated heterocycles. The maximum absolute atomic E-state index is 6.17. The molecule has 0 spiro atoms. The summed E-state index contributed by atoms with van der Waals surface area (Å²) in [5, 5.41) is 3.70. The van der Waals surface area contributed by atoms with Gasteiger partial charge in [-0.2, -0.15) is 0 Å². The predicted octanol–water partition coefficient (Wildman–Crippen LogP) is 6.16. The molecule has 37 heavy (non-hydrogen) atoms. The minimum Gasteiger partial charge on any atom is -0.497 e. The molecule has 0 atom stereocenters. The highest BCUT2D eigenvalue weighted by Gasteiger charge is 2.54. The van der Waals surface area contributed by atoms with Gasteiger partial charge < -0.3 is 14.2 Å². The number of hydrogen-bond acceptors (Lipinski definition) is 3. The van der Waals surface area contributed by atoms with Crippen molar-refractivity contribution in [2.75, 3.05) is 21.3 Å². The first-order chi connectivity index (χ1) is 17.6. The summed E-state index contributed by atoms with van der Waals surface area (Å²) < 4.78 is 18.5. The second-order valence-electron chi connectivity index (χ2n) is 10.5. The normalized spacial score (nSPS) is 14.4. The third-order valence-corrected chi connectivity index (χ3v) is 13.9. The standard InChI is InChI=1S/C33H40O3Si/c1-20-11-14-30(27(17-20)34-8)37(31-15-12-21(2)18-28(31)35-9,32-16-13-22(3)19-29(32)36-10)33-25(6)23(4)24(5)26(33)7/h11-19,33H,1-10H3. The van der Waals surface area contributed by atoms with Gasteiger partial charge in [-0.25, -0.2) is 0 Å². The van der Waals surface area contributed by atoms with Gasteiger partial charge in [0, 0.05) is 5.54 Å². The Hall–Kier alpha value is -3.24. The third kappa shape index (κ3) is 4.21. The van der Waals surface area contributed by atoms with E-state index in [4.69, 9.17) is 14.2 Å². The molecule has 1 aliphatic carbocycles. The Morgan fingerprint density at radius 1 is 0.486 bits per heavy atom. The Bertz CT molecular complexity index is 1260. The quantitative estimate of drug-likeness (QED) is 0.280. The van der Waals surface area contributed by atoms with Gasteiger partial charge in [-0.1, -0.05) is 47.5 Å². The largest absolute Gasteiger partial charge is 0.497 e. The van der Waals surface area contributed by atoms with E-state index in [1.54, 1.807) is 21.3 Å². The number of allylic oxidation sites excluding steroid dienone is 4. The average Bonchev–Trinajstić information content (AvgIpc) is 3.08. The van der Waals surface area contributed by atoms with Gasteiger partial charge in [-0.05, 0) is 110 Å². The van der Waals surface area contributed by atoms with E-state index in [1.165, 1.54) is 54.5 Å². The summed E-state index contributed by atoms with van der Waals surface area (Å²) >= 11 is 0. The Morgan fingerprint density at radius 3 is 1.05 bits per heavy atom. The van der Waals surface area contributed by atoms with Gasteiger partial charge in [0.2, 0.25) is 0 Å². The van der Waals surface area contributed by atoms with Gasteiger partial charge in [0.05, 0.1) is 21.3 Å². The van der Waals surface area contributed by atoms with E-state index in [2.05, 4.69) is 103 Å². The van der Waals surface area contributed by atoms with Crippen LogP contribution in [0.2, 0.25) is 5.54 Å². The molecule has 3 aromatic carbocycles. The molecule has 0 aromatic heterocycles. The highest BCUT2D eigenvalue weighted by Crippen LogP contribution is 2.48. The monoisotopic (exact) mass is 512 g/mol. The molecule has 0 N–H and O–H groups in total. The van der Waals surface area contributed by atoms with Gasteiger partial charge in [0.15, 0.2) is 8.07 Å². The first-order valence-corrected chi connectivity index (χ1v) is 15.0. The van der Waals surface area contributed by atoms with Crippen LogP contribution in [0.4, 0.5) is 0 Å². The van der Waals surface area contributed by atoms with Crippen molar-refractivity contribution < 1.29 is 14.2 Å². The smallest absolute Gasteiger partial charge is 0.173 e. The van der Waals surface area contributed by atoms with E-state index < -0.39 is 8.07 Å². The average molecular weight is 513 g/mol. The van der Waals surface area contributed by atoms with Gasteiger partial charge in [-0.3, -0.25) is 0 Å². The number of rotatable bonds is 7. The first-order valence-electron chi connectivity index (χ1n) is 12.9. The Morgan fingerprint density at radius 2 is 0.784 bits per heavy atom. The van der Waals surface area contributed by atoms with Crippen LogP contribution < -0.4 is 29.8 Å². The number of aryl methyl sites for hydroxylation is 3. The van der Waals surface area contributed by atoms with E-state index in [0.717, 1.165) is 17.2 Å². The van der Waals surface area contributed by atoms with E-state index in [1.807, 2.05) is 0 Å². The molecule has 0 fully saturated rings. The topological polar surface area (TPSA) is 27.7 Å². The first kappa shape index (κ1) is 26.8. The van der Waals surface area contributed by atoms with Gasteiger partial charge in [-0.15, -0.1) is 0 Å². The van der Waals surface area contributed by atoms with Crippen molar-refractivity contribution in [3.63, 3.8) is 0 Å². The summed E-state index contributed by atoms with van der Waals surface area (Å²) in [6, 6.07) is 20.0. The maximum atomic E-state index is 6.17. The summed E-state index contributed by atoms with van der Waals surface area (Å²) in [6.07, 6.45) is 0. The van der Waals surface area contributed by atoms with Crippen LogP contribution in [0.15, 0.2) is 76.9 Å². The van der Waals surface area contributed by atoms with Crippen molar-refractivity contribution in [3.8, 4) is 17.2 Å². The fourth-order valence-electron chi connectivity index (χ4n) is 6.27. The molecule has 0 heterocycles. The van der Waals surface area contributed by atoms with Crippen LogP contribution in [0, 0.1) is 20.8 Å². The Kier molecular flexibility index (Phi) is 7.43. The van der Waals surface area contributed by atoms with Crippen LogP contribution in [0.3, 0.4) is 0 Å². The lowest BCUT2D eigenvalue weighted by molar-refractivity contribution is 0.415. The Balaban J connectivity index is 2.33. The van der Waals surface area contributed by atoms with E-state index >= 15 is 0 Å². The van der Waals surface area contributed by atoms with Crippen LogP contribution in [0.25, 0.3) is 0 Å². The summed E-state index contributed by atoms with van der Waals surface area (Å²) in [6.45, 7) is 15.5. The molecule has 0 amide bonds. The summed E-state index contributed by atoms with van der Waals surface area (Å²) in [4.78, 5) is 0. The van der Waals surface area contributed by atoms with Crippen molar-refractivity contribution in [2.45, 2.75) is 54.0 Å². The second kappa shape index (κ2) is 10.3. The molecule has 4 heteroatoms. The van der Waals surface area contributed by atoms with Gasteiger partial charge in [0.1, 0.15) is 17.2 Å². The molecule has 0 unspecified atom stereocenters. The minimum absolute atomic E-state index is 0.178. The third-order valence-electron chi connectivity index (χ3n) is 8.39.